The number of Topliss-reactive ketones (excluding diaryl/α,β-unsaturated/α-hetero) is 1. The molecule has 0 fully saturated rings. The molecule has 22 heavy (non-hydrogen) atoms. The molecule has 0 atom stereocenters. The van der Waals surface area contributed by atoms with Crippen LogP contribution in [-0.4, -0.2) is 15.8 Å². The first-order valence-electron chi connectivity index (χ1n) is 6.70. The number of aryl methyl sites for hydroxylation is 2. The van der Waals surface area contributed by atoms with Crippen molar-refractivity contribution >= 4 is 40.1 Å². The number of benzene rings is 1. The van der Waals surface area contributed by atoms with Crippen LogP contribution >= 0.6 is 34.3 Å². The molecule has 0 unspecified atom stereocenters. The van der Waals surface area contributed by atoms with Crippen LogP contribution in [0, 0.1) is 13.8 Å². The van der Waals surface area contributed by atoms with Gasteiger partial charge in [-0.2, -0.15) is 0 Å². The number of carbonyl (C=O) groups is 1. The standard InChI is InChI=1S/C16H13ClN2OS2/c1-9-16(22-10(2)18-9)13-8-21-15(19-13)7-14(20)11-3-5-12(17)6-4-11/h3-6,8H,7H2,1-2H3. The Labute approximate surface area is 141 Å². The summed E-state index contributed by atoms with van der Waals surface area (Å²) in [6, 6.07) is 6.95. The van der Waals surface area contributed by atoms with Gasteiger partial charge in [0.1, 0.15) is 5.01 Å². The van der Waals surface area contributed by atoms with Crippen molar-refractivity contribution in [3.05, 3.63) is 55.9 Å². The van der Waals surface area contributed by atoms with Crippen LogP contribution in [0.5, 0.6) is 0 Å². The maximum atomic E-state index is 12.3. The summed E-state index contributed by atoms with van der Waals surface area (Å²) in [5.41, 5.74) is 2.56. The van der Waals surface area contributed by atoms with Gasteiger partial charge < -0.3 is 0 Å². The highest BCUT2D eigenvalue weighted by atomic mass is 35.5. The van der Waals surface area contributed by atoms with Crippen molar-refractivity contribution in [3.8, 4) is 10.6 Å². The van der Waals surface area contributed by atoms with Crippen molar-refractivity contribution in [1.29, 1.82) is 0 Å². The van der Waals surface area contributed by atoms with E-state index >= 15 is 0 Å². The van der Waals surface area contributed by atoms with Gasteiger partial charge in [0.2, 0.25) is 0 Å². The molecule has 0 aliphatic heterocycles. The van der Waals surface area contributed by atoms with E-state index in [0.717, 1.165) is 26.3 Å². The second-order valence-electron chi connectivity index (χ2n) is 4.88. The lowest BCUT2D eigenvalue weighted by Crippen LogP contribution is -2.02. The fraction of sp³-hybridized carbons (Fsp3) is 0.188. The molecule has 0 N–H and O–H groups in total. The molecule has 3 nitrogen and oxygen atoms in total. The van der Waals surface area contributed by atoms with E-state index in [0.29, 0.717) is 17.0 Å². The number of carbonyl (C=O) groups excluding carboxylic acids is 1. The highest BCUT2D eigenvalue weighted by molar-refractivity contribution is 7.16. The minimum Gasteiger partial charge on any atom is -0.294 e. The molecule has 112 valence electrons. The SMILES string of the molecule is Cc1nc(C)c(-c2csc(CC(=O)c3ccc(Cl)cc3)n2)s1. The van der Waals surface area contributed by atoms with E-state index in [-0.39, 0.29) is 5.78 Å². The van der Waals surface area contributed by atoms with Crippen LogP contribution in [0.15, 0.2) is 29.6 Å². The first kappa shape index (κ1) is 15.3. The lowest BCUT2D eigenvalue weighted by molar-refractivity contribution is 0.0993. The fourth-order valence-electron chi connectivity index (χ4n) is 2.14. The van der Waals surface area contributed by atoms with E-state index in [1.54, 1.807) is 35.6 Å². The molecule has 1 aromatic carbocycles. The monoisotopic (exact) mass is 348 g/mol. The molecular weight excluding hydrogens is 336 g/mol. The Balaban J connectivity index is 1.78. The van der Waals surface area contributed by atoms with Gasteiger partial charge in [-0.25, -0.2) is 9.97 Å². The first-order valence-corrected chi connectivity index (χ1v) is 8.78. The van der Waals surface area contributed by atoms with E-state index in [2.05, 4.69) is 9.97 Å². The lowest BCUT2D eigenvalue weighted by atomic mass is 10.1. The zero-order valence-corrected chi connectivity index (χ0v) is 14.5. The van der Waals surface area contributed by atoms with Gasteiger partial charge in [0.15, 0.2) is 5.78 Å². The van der Waals surface area contributed by atoms with Crippen molar-refractivity contribution in [2.45, 2.75) is 20.3 Å². The highest BCUT2D eigenvalue weighted by Crippen LogP contribution is 2.30. The second-order valence-corrected chi connectivity index (χ2v) is 7.46. The Morgan fingerprint density at radius 1 is 1.18 bits per heavy atom. The molecule has 6 heteroatoms. The number of thiazole rings is 2. The van der Waals surface area contributed by atoms with Crippen molar-refractivity contribution in [1.82, 2.24) is 9.97 Å². The third-order valence-corrected chi connectivity index (χ3v) is 5.36. The summed E-state index contributed by atoms with van der Waals surface area (Å²) in [5.74, 6) is 0.0507. The van der Waals surface area contributed by atoms with Crippen LogP contribution in [0.2, 0.25) is 5.02 Å². The summed E-state index contributed by atoms with van der Waals surface area (Å²) in [7, 11) is 0. The van der Waals surface area contributed by atoms with E-state index in [9.17, 15) is 4.79 Å². The normalized spacial score (nSPS) is 10.9. The van der Waals surface area contributed by atoms with E-state index in [4.69, 9.17) is 11.6 Å². The smallest absolute Gasteiger partial charge is 0.169 e. The molecule has 0 radical (unpaired) electrons. The number of ketones is 1. The predicted octanol–water partition coefficient (Wildman–Crippen LogP) is 4.96. The number of nitrogens with zero attached hydrogens (tertiary/aromatic N) is 2. The number of halogens is 1. The summed E-state index contributed by atoms with van der Waals surface area (Å²) in [6.07, 6.45) is 0.309. The molecule has 0 aliphatic rings. The maximum absolute atomic E-state index is 12.3. The molecule has 0 saturated heterocycles. The molecule has 0 amide bonds. The summed E-state index contributed by atoms with van der Waals surface area (Å²) in [6.45, 7) is 3.97. The molecule has 3 rings (SSSR count). The molecule has 0 aliphatic carbocycles. The van der Waals surface area contributed by atoms with Gasteiger partial charge in [0.05, 0.1) is 27.7 Å². The van der Waals surface area contributed by atoms with Crippen LogP contribution < -0.4 is 0 Å². The Hall–Kier alpha value is -1.56. The van der Waals surface area contributed by atoms with E-state index < -0.39 is 0 Å². The van der Waals surface area contributed by atoms with Gasteiger partial charge in [0.25, 0.3) is 0 Å². The summed E-state index contributed by atoms with van der Waals surface area (Å²) >= 11 is 8.98. The van der Waals surface area contributed by atoms with Gasteiger partial charge in [-0.1, -0.05) is 11.6 Å². The zero-order valence-electron chi connectivity index (χ0n) is 12.1. The van der Waals surface area contributed by atoms with Crippen molar-refractivity contribution in [2.75, 3.05) is 0 Å². The van der Waals surface area contributed by atoms with Crippen LogP contribution in [0.25, 0.3) is 10.6 Å². The number of hydrogen-bond acceptors (Lipinski definition) is 5. The number of rotatable bonds is 4. The maximum Gasteiger partial charge on any atom is 0.169 e. The van der Waals surface area contributed by atoms with Crippen LogP contribution in [0.4, 0.5) is 0 Å². The average molecular weight is 349 g/mol. The third kappa shape index (κ3) is 3.27. The highest BCUT2D eigenvalue weighted by Gasteiger charge is 2.14. The van der Waals surface area contributed by atoms with Crippen molar-refractivity contribution in [2.24, 2.45) is 0 Å². The van der Waals surface area contributed by atoms with Crippen LogP contribution in [0.3, 0.4) is 0 Å². The minimum atomic E-state index is 0.0507. The van der Waals surface area contributed by atoms with Gasteiger partial charge in [-0.05, 0) is 38.1 Å². The predicted molar refractivity (Wildman–Crippen MR) is 92.2 cm³/mol. The van der Waals surface area contributed by atoms with E-state index in [1.807, 2.05) is 19.2 Å². The quantitative estimate of drug-likeness (QED) is 0.626. The third-order valence-electron chi connectivity index (χ3n) is 3.17. The molecular formula is C16H13ClN2OS2. The average Bonchev–Trinajstić information content (AvgIpc) is 3.06. The lowest BCUT2D eigenvalue weighted by Gasteiger charge is -1.98. The van der Waals surface area contributed by atoms with E-state index in [1.165, 1.54) is 11.3 Å². The number of aromatic nitrogens is 2. The fourth-order valence-corrected chi connectivity index (χ4v) is 4.01. The molecule has 0 spiro atoms. The molecule has 3 aromatic rings. The molecule has 2 heterocycles. The Bertz CT molecular complexity index is 821. The molecule has 0 bridgehead atoms. The first-order chi connectivity index (χ1) is 10.5. The van der Waals surface area contributed by atoms with Crippen molar-refractivity contribution in [3.63, 3.8) is 0 Å². The van der Waals surface area contributed by atoms with Crippen LogP contribution in [0.1, 0.15) is 26.1 Å². The van der Waals surface area contributed by atoms with Gasteiger partial charge in [0, 0.05) is 16.0 Å². The van der Waals surface area contributed by atoms with Gasteiger partial charge >= 0.3 is 0 Å². The topological polar surface area (TPSA) is 42.9 Å². The largest absolute Gasteiger partial charge is 0.294 e. The van der Waals surface area contributed by atoms with Gasteiger partial charge in [-0.15, -0.1) is 22.7 Å². The Morgan fingerprint density at radius 2 is 1.91 bits per heavy atom. The van der Waals surface area contributed by atoms with Crippen LogP contribution in [-0.2, 0) is 6.42 Å². The van der Waals surface area contributed by atoms with Gasteiger partial charge in [-0.3, -0.25) is 4.79 Å². The summed E-state index contributed by atoms with van der Waals surface area (Å²) in [5, 5.41) is 4.47. The zero-order chi connectivity index (χ0) is 15.7. The molecule has 0 saturated carbocycles. The summed E-state index contributed by atoms with van der Waals surface area (Å²) < 4.78 is 0. The van der Waals surface area contributed by atoms with Crippen molar-refractivity contribution < 1.29 is 4.79 Å². The Morgan fingerprint density at radius 3 is 2.55 bits per heavy atom. The minimum absolute atomic E-state index is 0.0507. The summed E-state index contributed by atoms with van der Waals surface area (Å²) in [4.78, 5) is 22.3. The number of hydrogen-bond donors (Lipinski definition) is 0. The Kier molecular flexibility index (Phi) is 4.38. The second kappa shape index (κ2) is 6.28. The molecule has 2 aromatic heterocycles.